The maximum Gasteiger partial charge on any atom is 0.237 e. The molecule has 0 saturated carbocycles. The Labute approximate surface area is 140 Å². The van der Waals surface area contributed by atoms with Crippen molar-refractivity contribution in [2.24, 2.45) is 15.0 Å². The van der Waals surface area contributed by atoms with Gasteiger partial charge in [-0.25, -0.2) is 14.4 Å². The first-order chi connectivity index (χ1) is 11.6. The van der Waals surface area contributed by atoms with Crippen molar-refractivity contribution in [2.45, 2.75) is 64.8 Å². The van der Waals surface area contributed by atoms with Crippen molar-refractivity contribution in [3.8, 4) is 0 Å². The molecule has 0 heterocycles. The first-order valence-corrected chi connectivity index (χ1v) is 7.74. The molecule has 3 atom stereocenters. The molecule has 24 heavy (non-hydrogen) atoms. The number of nitrogens with zero attached hydrogens (tertiary/aromatic N) is 3. The number of hydrogen-bond acceptors (Lipinski definition) is 9. The van der Waals surface area contributed by atoms with Crippen molar-refractivity contribution in [1.82, 2.24) is 0 Å². The van der Waals surface area contributed by atoms with E-state index in [1.807, 2.05) is 0 Å². The van der Waals surface area contributed by atoms with Crippen LogP contribution in [0.2, 0.25) is 0 Å². The van der Waals surface area contributed by atoms with Crippen LogP contribution in [0.15, 0.2) is 15.0 Å². The topological polar surface area (TPSA) is 116 Å². The molecular formula is C15H23N3O6. The minimum Gasteiger partial charge on any atom is -0.353 e. The minimum absolute atomic E-state index is 0.0514. The van der Waals surface area contributed by atoms with Gasteiger partial charge in [-0.2, -0.15) is 15.0 Å². The molecule has 0 spiro atoms. The third-order valence-corrected chi connectivity index (χ3v) is 2.94. The van der Waals surface area contributed by atoms with Gasteiger partial charge in [0, 0.05) is 0 Å². The summed E-state index contributed by atoms with van der Waals surface area (Å²) in [6.07, 6.45) is 3.19. The van der Waals surface area contributed by atoms with Crippen LogP contribution in [0.4, 0.5) is 0 Å². The van der Waals surface area contributed by atoms with Crippen LogP contribution in [0.3, 0.4) is 0 Å². The highest BCUT2D eigenvalue weighted by atomic mass is 16.6. The molecule has 3 unspecified atom stereocenters. The summed E-state index contributed by atoms with van der Waals surface area (Å²) in [7, 11) is 0. The standard InChI is InChI=1S/C15H23N3O6/c1-4-13(16-9-19)22-7-12(24-15(6-3)18-11-21)8-23-14(5-2)17-10-20/h12-15H,4-8H2,1-3H3. The minimum atomic E-state index is -0.691. The lowest BCUT2D eigenvalue weighted by Gasteiger charge is -2.23. The Morgan fingerprint density at radius 2 is 1.08 bits per heavy atom. The van der Waals surface area contributed by atoms with Gasteiger partial charge in [0.25, 0.3) is 0 Å². The summed E-state index contributed by atoms with van der Waals surface area (Å²) in [6.45, 7) is 5.50. The number of ether oxygens (including phenoxy) is 3. The lowest BCUT2D eigenvalue weighted by atomic mass is 10.3. The molecule has 0 amide bonds. The van der Waals surface area contributed by atoms with Crippen LogP contribution in [0.5, 0.6) is 0 Å². The summed E-state index contributed by atoms with van der Waals surface area (Å²) >= 11 is 0. The molecule has 0 rings (SSSR count). The van der Waals surface area contributed by atoms with E-state index < -0.39 is 24.8 Å². The average molecular weight is 341 g/mol. The van der Waals surface area contributed by atoms with E-state index in [9.17, 15) is 14.4 Å². The van der Waals surface area contributed by atoms with Crippen molar-refractivity contribution in [3.63, 3.8) is 0 Å². The lowest BCUT2D eigenvalue weighted by Crippen LogP contribution is -2.32. The Morgan fingerprint density at radius 3 is 1.42 bits per heavy atom. The second kappa shape index (κ2) is 14.6. The Morgan fingerprint density at radius 1 is 0.708 bits per heavy atom. The fourth-order valence-electron chi connectivity index (χ4n) is 1.67. The maximum absolute atomic E-state index is 10.4. The van der Waals surface area contributed by atoms with Gasteiger partial charge in [-0.15, -0.1) is 0 Å². The van der Waals surface area contributed by atoms with Crippen LogP contribution >= 0.6 is 0 Å². The quantitative estimate of drug-likeness (QED) is 0.350. The predicted octanol–water partition coefficient (Wildman–Crippen LogP) is 1.62. The second-order valence-corrected chi connectivity index (χ2v) is 4.67. The van der Waals surface area contributed by atoms with Crippen LogP contribution in [0.1, 0.15) is 40.0 Å². The molecule has 0 aliphatic heterocycles. The zero-order chi connectivity index (χ0) is 18.2. The van der Waals surface area contributed by atoms with E-state index in [1.54, 1.807) is 20.8 Å². The number of carbonyl (C=O) groups excluding carboxylic acids is 3. The predicted molar refractivity (Wildman–Crippen MR) is 83.4 cm³/mol. The second-order valence-electron chi connectivity index (χ2n) is 4.67. The Hall–Kier alpha value is -1.98. The Bertz CT molecular complexity index is 452. The molecular weight excluding hydrogens is 318 g/mol. The third-order valence-electron chi connectivity index (χ3n) is 2.94. The molecule has 0 fully saturated rings. The van der Waals surface area contributed by atoms with Gasteiger partial charge in [0.05, 0.1) is 13.2 Å². The number of rotatable bonds is 14. The maximum atomic E-state index is 10.4. The average Bonchev–Trinajstić information content (AvgIpc) is 2.60. The molecule has 0 aromatic heterocycles. The zero-order valence-electron chi connectivity index (χ0n) is 14.1. The van der Waals surface area contributed by atoms with Gasteiger partial charge < -0.3 is 14.2 Å². The van der Waals surface area contributed by atoms with E-state index in [1.165, 1.54) is 18.2 Å². The van der Waals surface area contributed by atoms with Crippen LogP contribution in [-0.2, 0) is 28.6 Å². The summed E-state index contributed by atoms with van der Waals surface area (Å²) in [4.78, 5) is 41.6. The van der Waals surface area contributed by atoms with Crippen LogP contribution in [-0.4, -0.2) is 56.2 Å². The first-order valence-electron chi connectivity index (χ1n) is 7.74. The SMILES string of the molecule is CCC(N=C=O)OCC(COC(CC)N=C=O)OC(CC)N=C=O. The number of isocyanates is 3. The summed E-state index contributed by atoms with van der Waals surface area (Å²) < 4.78 is 16.5. The van der Waals surface area contributed by atoms with Gasteiger partial charge >= 0.3 is 0 Å². The number of hydrogen-bond donors (Lipinski definition) is 0. The van der Waals surface area contributed by atoms with Gasteiger partial charge in [0.1, 0.15) is 6.10 Å². The van der Waals surface area contributed by atoms with Crippen LogP contribution < -0.4 is 0 Å². The molecule has 9 nitrogen and oxygen atoms in total. The molecule has 0 bridgehead atoms. The summed E-state index contributed by atoms with van der Waals surface area (Å²) in [5, 5.41) is 0. The first kappa shape index (κ1) is 22.0. The van der Waals surface area contributed by atoms with E-state index in [4.69, 9.17) is 14.2 Å². The van der Waals surface area contributed by atoms with E-state index in [0.29, 0.717) is 19.3 Å². The van der Waals surface area contributed by atoms with Gasteiger partial charge in [-0.3, -0.25) is 0 Å². The Kier molecular flexibility index (Phi) is 13.4. The van der Waals surface area contributed by atoms with Gasteiger partial charge in [0.2, 0.25) is 18.2 Å². The smallest absolute Gasteiger partial charge is 0.237 e. The molecule has 0 saturated heterocycles. The van der Waals surface area contributed by atoms with E-state index in [2.05, 4.69) is 15.0 Å². The fourth-order valence-corrected chi connectivity index (χ4v) is 1.67. The number of aliphatic imine (C=N–C) groups is 3. The van der Waals surface area contributed by atoms with E-state index >= 15 is 0 Å². The molecule has 134 valence electrons. The van der Waals surface area contributed by atoms with Crippen molar-refractivity contribution in [2.75, 3.05) is 13.2 Å². The fraction of sp³-hybridized carbons (Fsp3) is 0.800. The van der Waals surface area contributed by atoms with Gasteiger partial charge in [0.15, 0.2) is 18.7 Å². The van der Waals surface area contributed by atoms with Crippen molar-refractivity contribution >= 4 is 18.2 Å². The van der Waals surface area contributed by atoms with E-state index in [0.717, 1.165) is 0 Å². The van der Waals surface area contributed by atoms with Crippen molar-refractivity contribution in [1.29, 1.82) is 0 Å². The zero-order valence-corrected chi connectivity index (χ0v) is 14.1. The molecule has 0 radical (unpaired) electrons. The monoisotopic (exact) mass is 341 g/mol. The van der Waals surface area contributed by atoms with Gasteiger partial charge in [-0.05, 0) is 19.3 Å². The normalized spacial score (nSPS) is 15.1. The molecule has 9 heteroatoms. The lowest BCUT2D eigenvalue weighted by molar-refractivity contribution is -0.112. The highest BCUT2D eigenvalue weighted by Crippen LogP contribution is 2.10. The molecule has 0 N–H and O–H groups in total. The largest absolute Gasteiger partial charge is 0.353 e. The molecule has 0 aromatic carbocycles. The molecule has 0 aliphatic rings. The summed E-state index contributed by atoms with van der Waals surface area (Å²) in [6, 6.07) is 0. The van der Waals surface area contributed by atoms with Gasteiger partial charge in [-0.1, -0.05) is 20.8 Å². The molecule has 0 aliphatic carbocycles. The third kappa shape index (κ3) is 9.92. The Balaban J connectivity index is 4.82. The highest BCUT2D eigenvalue weighted by Gasteiger charge is 2.19. The van der Waals surface area contributed by atoms with Crippen molar-refractivity contribution < 1.29 is 28.6 Å². The van der Waals surface area contributed by atoms with Crippen molar-refractivity contribution in [3.05, 3.63) is 0 Å². The summed E-state index contributed by atoms with van der Waals surface area (Å²) in [5.41, 5.74) is 0. The highest BCUT2D eigenvalue weighted by molar-refractivity contribution is 5.33. The van der Waals surface area contributed by atoms with Crippen LogP contribution in [0, 0.1) is 0 Å². The summed E-state index contributed by atoms with van der Waals surface area (Å²) in [5.74, 6) is 0. The van der Waals surface area contributed by atoms with Crippen LogP contribution in [0.25, 0.3) is 0 Å². The van der Waals surface area contributed by atoms with E-state index in [-0.39, 0.29) is 13.2 Å². The molecule has 0 aromatic rings.